The van der Waals surface area contributed by atoms with E-state index in [0.717, 1.165) is 53.5 Å². The van der Waals surface area contributed by atoms with Gasteiger partial charge in [-0.3, -0.25) is 4.79 Å². The Hall–Kier alpha value is -2.60. The summed E-state index contributed by atoms with van der Waals surface area (Å²) in [6.45, 7) is 4.34. The van der Waals surface area contributed by atoms with E-state index in [4.69, 9.17) is 9.72 Å². The number of hydrogen-bond donors (Lipinski definition) is 1. The van der Waals surface area contributed by atoms with Gasteiger partial charge in [-0.25, -0.2) is 4.98 Å². The van der Waals surface area contributed by atoms with E-state index in [9.17, 15) is 4.79 Å². The van der Waals surface area contributed by atoms with Gasteiger partial charge in [0.1, 0.15) is 16.5 Å². The lowest BCUT2D eigenvalue weighted by molar-refractivity contribution is 0.0788. The maximum Gasteiger partial charge on any atom is 0.270 e. The molecule has 0 atom stereocenters. The largest absolute Gasteiger partial charge is 0.494 e. The van der Waals surface area contributed by atoms with Crippen LogP contribution in [0.1, 0.15) is 30.3 Å². The monoisotopic (exact) mass is 367 g/mol. The number of carbonyl (C=O) groups excluding carboxylic acids is 1. The minimum atomic E-state index is 0.0794. The van der Waals surface area contributed by atoms with Crippen LogP contribution >= 0.6 is 11.3 Å². The highest BCUT2D eigenvalue weighted by Gasteiger charge is 2.21. The highest BCUT2D eigenvalue weighted by atomic mass is 32.1. The Kier molecular flexibility index (Phi) is 4.75. The second kappa shape index (κ2) is 7.33. The van der Waals surface area contributed by atoms with Crippen LogP contribution in [-0.2, 0) is 0 Å². The summed E-state index contributed by atoms with van der Waals surface area (Å²) in [4.78, 5) is 22.2. The Morgan fingerprint density at radius 3 is 2.73 bits per heavy atom. The molecule has 5 nitrogen and oxygen atoms in total. The van der Waals surface area contributed by atoms with Gasteiger partial charge in [-0.1, -0.05) is 0 Å². The fourth-order valence-electron chi connectivity index (χ4n) is 3.16. The Morgan fingerprint density at radius 1 is 1.23 bits per heavy atom. The second-order valence-corrected chi connectivity index (χ2v) is 7.15. The van der Waals surface area contributed by atoms with E-state index in [1.54, 1.807) is 11.3 Å². The molecule has 0 spiro atoms. The van der Waals surface area contributed by atoms with E-state index in [1.165, 1.54) is 0 Å². The quantitative estimate of drug-likeness (QED) is 0.725. The first kappa shape index (κ1) is 16.8. The number of H-pyrrole nitrogens is 1. The summed E-state index contributed by atoms with van der Waals surface area (Å²) in [6.07, 6.45) is 4.05. The van der Waals surface area contributed by atoms with Gasteiger partial charge in [-0.05, 0) is 50.1 Å². The zero-order valence-corrected chi connectivity index (χ0v) is 15.5. The van der Waals surface area contributed by atoms with Crippen molar-refractivity contribution in [2.75, 3.05) is 19.7 Å². The Labute approximate surface area is 156 Å². The third-order valence-electron chi connectivity index (χ3n) is 4.52. The van der Waals surface area contributed by atoms with E-state index < -0.39 is 0 Å². The Balaban J connectivity index is 1.52. The molecular weight excluding hydrogens is 346 g/mol. The van der Waals surface area contributed by atoms with Crippen LogP contribution in [0.25, 0.3) is 21.8 Å². The molecule has 4 rings (SSSR count). The van der Waals surface area contributed by atoms with Crippen LogP contribution < -0.4 is 4.74 Å². The van der Waals surface area contributed by atoms with Gasteiger partial charge in [-0.2, -0.15) is 0 Å². The minimum absolute atomic E-state index is 0.0794. The van der Waals surface area contributed by atoms with Crippen molar-refractivity contribution in [3.8, 4) is 27.6 Å². The fraction of sp³-hybridized carbons (Fsp3) is 0.300. The van der Waals surface area contributed by atoms with E-state index in [2.05, 4.69) is 4.98 Å². The highest BCUT2D eigenvalue weighted by Crippen LogP contribution is 2.30. The van der Waals surface area contributed by atoms with Gasteiger partial charge in [0.2, 0.25) is 0 Å². The molecule has 0 aliphatic carbocycles. The van der Waals surface area contributed by atoms with Crippen molar-refractivity contribution in [3.63, 3.8) is 0 Å². The number of likely N-dealkylation sites (tertiary alicyclic amines) is 1. The number of aromatic nitrogens is 2. The van der Waals surface area contributed by atoms with Crippen LogP contribution in [0, 0.1) is 0 Å². The van der Waals surface area contributed by atoms with Gasteiger partial charge in [0.15, 0.2) is 0 Å². The van der Waals surface area contributed by atoms with E-state index >= 15 is 0 Å². The van der Waals surface area contributed by atoms with Gasteiger partial charge >= 0.3 is 0 Å². The molecule has 1 amide bonds. The Bertz CT molecular complexity index is 892. The van der Waals surface area contributed by atoms with Crippen molar-refractivity contribution in [1.29, 1.82) is 0 Å². The predicted molar refractivity (Wildman–Crippen MR) is 104 cm³/mol. The van der Waals surface area contributed by atoms with Crippen molar-refractivity contribution in [2.45, 2.75) is 19.8 Å². The molecule has 26 heavy (non-hydrogen) atoms. The molecule has 1 aromatic carbocycles. The molecule has 0 bridgehead atoms. The maximum atomic E-state index is 12.5. The lowest BCUT2D eigenvalue weighted by atomic mass is 10.2. The normalized spacial score (nSPS) is 14.0. The number of rotatable bonds is 5. The molecule has 0 unspecified atom stereocenters. The summed E-state index contributed by atoms with van der Waals surface area (Å²) in [7, 11) is 0. The molecule has 134 valence electrons. The number of ether oxygens (including phenoxy) is 1. The average molecular weight is 367 g/mol. The van der Waals surface area contributed by atoms with Crippen LogP contribution in [0.2, 0.25) is 0 Å². The molecule has 3 aromatic rings. The van der Waals surface area contributed by atoms with Crippen LogP contribution in [0.15, 0.2) is 41.9 Å². The molecule has 0 radical (unpaired) electrons. The molecule has 1 aliphatic heterocycles. The number of carbonyl (C=O) groups is 1. The van der Waals surface area contributed by atoms with Crippen molar-refractivity contribution >= 4 is 17.2 Å². The first-order valence-electron chi connectivity index (χ1n) is 8.91. The fourth-order valence-corrected chi connectivity index (χ4v) is 3.99. The molecule has 0 saturated carbocycles. The number of nitrogens with one attached hydrogen (secondary N) is 1. The second-order valence-electron chi connectivity index (χ2n) is 6.30. The SMILES string of the molecule is CCOc1ccc(-c2nc(-c3c[nH]c(C(=O)N4CCCC4)c3)cs2)cc1. The number of amides is 1. The molecule has 6 heteroatoms. The number of benzene rings is 1. The smallest absolute Gasteiger partial charge is 0.270 e. The highest BCUT2D eigenvalue weighted by molar-refractivity contribution is 7.13. The van der Waals surface area contributed by atoms with Crippen molar-refractivity contribution in [2.24, 2.45) is 0 Å². The topological polar surface area (TPSA) is 58.2 Å². The molecular formula is C20H21N3O2S. The third kappa shape index (κ3) is 3.37. The van der Waals surface area contributed by atoms with Crippen LogP contribution in [0.3, 0.4) is 0 Å². The van der Waals surface area contributed by atoms with E-state index in [-0.39, 0.29) is 5.91 Å². The Morgan fingerprint density at radius 2 is 2.00 bits per heavy atom. The molecule has 1 N–H and O–H groups in total. The lowest BCUT2D eigenvalue weighted by Gasteiger charge is -2.13. The lowest BCUT2D eigenvalue weighted by Crippen LogP contribution is -2.27. The zero-order chi connectivity index (χ0) is 17.9. The van der Waals surface area contributed by atoms with Gasteiger partial charge in [-0.15, -0.1) is 11.3 Å². The van der Waals surface area contributed by atoms with Crippen molar-refractivity contribution in [1.82, 2.24) is 14.9 Å². The first-order valence-corrected chi connectivity index (χ1v) is 9.79. The van der Waals surface area contributed by atoms with E-state index in [1.807, 2.05) is 53.7 Å². The summed E-state index contributed by atoms with van der Waals surface area (Å²) >= 11 is 1.60. The summed E-state index contributed by atoms with van der Waals surface area (Å²) in [5.74, 6) is 0.944. The first-order chi connectivity index (χ1) is 12.7. The van der Waals surface area contributed by atoms with Crippen LogP contribution in [0.4, 0.5) is 0 Å². The van der Waals surface area contributed by atoms with Gasteiger partial charge in [0.05, 0.1) is 12.3 Å². The van der Waals surface area contributed by atoms with Crippen molar-refractivity contribution in [3.05, 3.63) is 47.6 Å². The molecule has 1 aliphatic rings. The van der Waals surface area contributed by atoms with Gasteiger partial charge in [0.25, 0.3) is 5.91 Å². The van der Waals surface area contributed by atoms with Crippen LogP contribution in [0.5, 0.6) is 5.75 Å². The number of thiazole rings is 1. The predicted octanol–water partition coefficient (Wildman–Crippen LogP) is 4.44. The molecule has 1 saturated heterocycles. The summed E-state index contributed by atoms with van der Waals surface area (Å²) in [6, 6.07) is 9.86. The average Bonchev–Trinajstić information content (AvgIpc) is 3.42. The third-order valence-corrected chi connectivity index (χ3v) is 5.41. The van der Waals surface area contributed by atoms with Gasteiger partial charge < -0.3 is 14.6 Å². The molecule has 1 fully saturated rings. The number of nitrogens with zero attached hydrogens (tertiary/aromatic N) is 2. The van der Waals surface area contributed by atoms with Crippen LogP contribution in [-0.4, -0.2) is 40.5 Å². The van der Waals surface area contributed by atoms with Crippen molar-refractivity contribution < 1.29 is 9.53 Å². The number of aromatic amines is 1. The molecule has 3 heterocycles. The summed E-state index contributed by atoms with van der Waals surface area (Å²) < 4.78 is 5.48. The summed E-state index contributed by atoms with van der Waals surface area (Å²) in [5.41, 5.74) is 3.53. The van der Waals surface area contributed by atoms with Gasteiger partial charge in [0, 0.05) is 35.8 Å². The standard InChI is InChI=1S/C20H21N3O2S/c1-2-25-16-7-5-14(6-8-16)19-22-18(13-26-19)15-11-17(21-12-15)20(24)23-9-3-4-10-23/h5-8,11-13,21H,2-4,9-10H2,1H3. The number of hydrogen-bond acceptors (Lipinski definition) is 4. The van der Waals surface area contributed by atoms with E-state index in [0.29, 0.717) is 12.3 Å². The summed E-state index contributed by atoms with van der Waals surface area (Å²) in [5, 5.41) is 2.98. The minimum Gasteiger partial charge on any atom is -0.494 e. The zero-order valence-electron chi connectivity index (χ0n) is 14.7. The molecule has 2 aromatic heterocycles. The maximum absolute atomic E-state index is 12.5.